The maximum atomic E-state index is 12.9. The van der Waals surface area contributed by atoms with Gasteiger partial charge in [-0.1, -0.05) is 76.2 Å². The molecule has 0 heterocycles. The van der Waals surface area contributed by atoms with Crippen LogP contribution in [0.25, 0.3) is 0 Å². The SMILES string of the molecule is CCC(CC(CC)c1ccc(OP(=O)(O)Oc2ccc(C(CC)CC(CC)c3ccc(O)cc3)cc2)cc1)c1ccc(O)cc1. The lowest BCUT2D eigenvalue weighted by atomic mass is 9.82. The summed E-state index contributed by atoms with van der Waals surface area (Å²) in [5.41, 5.74) is 4.72. The summed E-state index contributed by atoms with van der Waals surface area (Å²) in [6.07, 6.45) is 5.83. The molecular weight excluding hydrogens is 583 g/mol. The third-order valence-electron chi connectivity index (χ3n) is 8.98. The highest BCUT2D eigenvalue weighted by atomic mass is 31.2. The highest BCUT2D eigenvalue weighted by molar-refractivity contribution is 7.48. The van der Waals surface area contributed by atoms with E-state index in [9.17, 15) is 19.7 Å². The van der Waals surface area contributed by atoms with E-state index in [4.69, 9.17) is 9.05 Å². The Morgan fingerprint density at radius 2 is 0.733 bits per heavy atom. The summed E-state index contributed by atoms with van der Waals surface area (Å²) in [7, 11) is -4.41. The molecule has 0 aliphatic heterocycles. The van der Waals surface area contributed by atoms with Gasteiger partial charge in [-0.15, -0.1) is 0 Å². The molecular formula is C38H47O6P. The minimum absolute atomic E-state index is 0.270. The van der Waals surface area contributed by atoms with E-state index in [0.29, 0.717) is 23.7 Å². The number of phenolic OH excluding ortho intramolecular Hbond substituents is 2. The van der Waals surface area contributed by atoms with Crippen LogP contribution < -0.4 is 9.05 Å². The summed E-state index contributed by atoms with van der Waals surface area (Å²) < 4.78 is 23.8. The molecule has 3 N–H and O–H groups in total. The fourth-order valence-corrected chi connectivity index (χ4v) is 7.03. The Hall–Kier alpha value is -3.73. The first kappa shape index (κ1) is 34.1. The molecule has 45 heavy (non-hydrogen) atoms. The average Bonchev–Trinajstić information content (AvgIpc) is 3.04. The van der Waals surface area contributed by atoms with Crippen molar-refractivity contribution < 1.29 is 28.7 Å². The normalized spacial score (nSPS) is 15.4. The molecule has 4 unspecified atom stereocenters. The van der Waals surface area contributed by atoms with E-state index in [-0.39, 0.29) is 23.0 Å². The summed E-state index contributed by atoms with van der Waals surface area (Å²) in [5, 5.41) is 19.3. The average molecular weight is 631 g/mol. The highest BCUT2D eigenvalue weighted by Crippen LogP contribution is 2.45. The summed E-state index contributed by atoms with van der Waals surface area (Å²) in [5.74, 6) is 2.44. The molecule has 0 spiro atoms. The van der Waals surface area contributed by atoms with Crippen molar-refractivity contribution in [1.29, 1.82) is 0 Å². The number of hydrogen-bond acceptors (Lipinski definition) is 5. The van der Waals surface area contributed by atoms with Gasteiger partial charge in [-0.2, -0.15) is 0 Å². The van der Waals surface area contributed by atoms with Gasteiger partial charge in [0.25, 0.3) is 0 Å². The highest BCUT2D eigenvalue weighted by Gasteiger charge is 2.26. The van der Waals surface area contributed by atoms with Crippen LogP contribution in [-0.2, 0) is 4.57 Å². The molecule has 0 aliphatic carbocycles. The number of rotatable bonds is 16. The predicted molar refractivity (Wildman–Crippen MR) is 182 cm³/mol. The molecule has 4 aromatic carbocycles. The van der Waals surface area contributed by atoms with Gasteiger partial charge in [0.2, 0.25) is 0 Å². The summed E-state index contributed by atoms with van der Waals surface area (Å²) in [6.45, 7) is 8.69. The minimum Gasteiger partial charge on any atom is -0.508 e. The van der Waals surface area contributed by atoms with Gasteiger partial charge >= 0.3 is 7.82 Å². The van der Waals surface area contributed by atoms with Crippen molar-refractivity contribution >= 4 is 7.82 Å². The Kier molecular flexibility index (Phi) is 12.2. The van der Waals surface area contributed by atoms with Crippen LogP contribution in [0.3, 0.4) is 0 Å². The zero-order valence-electron chi connectivity index (χ0n) is 26.8. The predicted octanol–water partition coefficient (Wildman–Crippen LogP) is 10.8. The number of benzene rings is 4. The molecule has 4 rings (SSSR count). The Labute approximate surface area is 268 Å². The summed E-state index contributed by atoms with van der Waals surface area (Å²) in [4.78, 5) is 10.5. The van der Waals surface area contributed by atoms with Gasteiger partial charge in [0, 0.05) is 0 Å². The van der Waals surface area contributed by atoms with Gasteiger partial charge in [-0.05, 0) is 133 Å². The molecule has 0 saturated carbocycles. The number of aromatic hydroxyl groups is 2. The third kappa shape index (κ3) is 9.63. The van der Waals surface area contributed by atoms with Gasteiger partial charge in [0.05, 0.1) is 0 Å². The first-order valence-corrected chi connectivity index (χ1v) is 17.6. The van der Waals surface area contributed by atoms with Crippen LogP contribution in [-0.4, -0.2) is 15.1 Å². The van der Waals surface area contributed by atoms with Gasteiger partial charge in [-0.25, -0.2) is 4.57 Å². The fourth-order valence-electron chi connectivity index (χ4n) is 6.22. The molecule has 0 aliphatic rings. The van der Waals surface area contributed by atoms with E-state index in [0.717, 1.165) is 49.7 Å². The molecule has 4 atom stereocenters. The van der Waals surface area contributed by atoms with Crippen LogP contribution >= 0.6 is 7.82 Å². The zero-order valence-corrected chi connectivity index (χ0v) is 27.7. The molecule has 0 amide bonds. The lowest BCUT2D eigenvalue weighted by Gasteiger charge is -2.23. The van der Waals surface area contributed by atoms with Gasteiger partial charge in [0.15, 0.2) is 0 Å². The third-order valence-corrected chi connectivity index (χ3v) is 9.87. The fraction of sp³-hybridized carbons (Fsp3) is 0.368. The molecule has 7 heteroatoms. The molecule has 0 radical (unpaired) electrons. The standard InChI is InChI=1S/C38H47O6P/c1-5-27(31-9-17-35(39)18-10-31)25-29(7-3)33-13-21-37(22-14-33)43-45(41,42)44-38-23-15-34(16-24-38)30(8-4)26-28(6-2)32-11-19-36(40)20-12-32/h9-24,27-30,39-40H,5-8,25-26H2,1-4H3,(H,41,42). The van der Waals surface area contributed by atoms with Gasteiger partial charge in [0.1, 0.15) is 23.0 Å². The summed E-state index contributed by atoms with van der Waals surface area (Å²) in [6, 6.07) is 29.6. The Morgan fingerprint density at radius 1 is 0.489 bits per heavy atom. The van der Waals surface area contributed by atoms with Crippen LogP contribution in [0.5, 0.6) is 23.0 Å². The lowest BCUT2D eigenvalue weighted by molar-refractivity contribution is 0.291. The second kappa shape index (κ2) is 16.0. The Morgan fingerprint density at radius 3 is 0.978 bits per heavy atom. The van der Waals surface area contributed by atoms with Crippen molar-refractivity contribution in [3.63, 3.8) is 0 Å². The van der Waals surface area contributed by atoms with E-state index in [2.05, 4.69) is 27.7 Å². The minimum atomic E-state index is -4.41. The Bertz CT molecular complexity index is 1390. The molecule has 6 nitrogen and oxygen atoms in total. The van der Waals surface area contributed by atoms with E-state index >= 15 is 0 Å². The van der Waals surface area contributed by atoms with Crippen molar-refractivity contribution in [3.05, 3.63) is 119 Å². The number of phosphoric acid groups is 1. The largest absolute Gasteiger partial charge is 0.584 e. The second-order valence-corrected chi connectivity index (χ2v) is 13.2. The monoisotopic (exact) mass is 630 g/mol. The first-order valence-electron chi connectivity index (χ1n) is 16.1. The van der Waals surface area contributed by atoms with Crippen LogP contribution in [0, 0.1) is 0 Å². The molecule has 0 aromatic heterocycles. The second-order valence-electron chi connectivity index (χ2n) is 11.9. The van der Waals surface area contributed by atoms with Crippen molar-refractivity contribution in [2.75, 3.05) is 0 Å². The van der Waals surface area contributed by atoms with Crippen LogP contribution in [0.2, 0.25) is 0 Å². The molecule has 4 aromatic rings. The smallest absolute Gasteiger partial charge is 0.508 e. The van der Waals surface area contributed by atoms with E-state index in [1.165, 1.54) is 11.1 Å². The van der Waals surface area contributed by atoms with Gasteiger partial charge < -0.3 is 19.3 Å². The van der Waals surface area contributed by atoms with Crippen molar-refractivity contribution in [3.8, 4) is 23.0 Å². The number of phosphoric ester groups is 1. The van der Waals surface area contributed by atoms with Crippen LogP contribution in [0.1, 0.15) is 112 Å². The van der Waals surface area contributed by atoms with E-state index in [1.807, 2.05) is 48.5 Å². The molecule has 0 saturated heterocycles. The van der Waals surface area contributed by atoms with Crippen molar-refractivity contribution in [1.82, 2.24) is 0 Å². The summed E-state index contributed by atoms with van der Waals surface area (Å²) >= 11 is 0. The topological polar surface area (TPSA) is 96.2 Å². The van der Waals surface area contributed by atoms with Crippen molar-refractivity contribution in [2.45, 2.75) is 89.9 Å². The van der Waals surface area contributed by atoms with Crippen LogP contribution in [0.15, 0.2) is 97.1 Å². The quantitative estimate of drug-likeness (QED) is 0.107. The first-order chi connectivity index (χ1) is 21.6. The number of hydrogen-bond donors (Lipinski definition) is 3. The lowest BCUT2D eigenvalue weighted by Crippen LogP contribution is -2.06. The zero-order chi connectivity index (χ0) is 32.4. The van der Waals surface area contributed by atoms with Gasteiger partial charge in [-0.3, -0.25) is 4.89 Å². The molecule has 240 valence electrons. The van der Waals surface area contributed by atoms with Crippen molar-refractivity contribution in [2.24, 2.45) is 0 Å². The maximum absolute atomic E-state index is 12.9. The van der Waals surface area contributed by atoms with E-state index < -0.39 is 7.82 Å². The Balaban J connectivity index is 1.36. The molecule has 0 bridgehead atoms. The maximum Gasteiger partial charge on any atom is 0.584 e. The molecule has 0 fully saturated rings. The number of phenols is 2. The van der Waals surface area contributed by atoms with Crippen LogP contribution in [0.4, 0.5) is 0 Å². The van der Waals surface area contributed by atoms with E-state index in [1.54, 1.807) is 48.5 Å².